The second-order valence-electron chi connectivity index (χ2n) is 10.4. The minimum atomic E-state index is -4.35. The molecule has 0 saturated carbocycles. The highest BCUT2D eigenvalue weighted by Gasteiger charge is 2.24. The number of hydrogen-bond donors (Lipinski definition) is 3. The van der Waals surface area contributed by atoms with E-state index < -0.39 is 28.0 Å². The van der Waals surface area contributed by atoms with E-state index in [0.29, 0.717) is 6.42 Å². The summed E-state index contributed by atoms with van der Waals surface area (Å²) in [5.74, 6) is -1.06. The van der Waals surface area contributed by atoms with Gasteiger partial charge in [-0.3, -0.25) is 9.35 Å². The summed E-state index contributed by atoms with van der Waals surface area (Å²) < 4.78 is 32.0. The molecule has 7 heteroatoms. The molecule has 0 aromatic carbocycles. The van der Waals surface area contributed by atoms with Gasteiger partial charge in [-0.25, -0.2) is 0 Å². The van der Waals surface area contributed by atoms with E-state index in [-0.39, 0.29) is 12.3 Å². The van der Waals surface area contributed by atoms with Gasteiger partial charge < -0.3 is 10.4 Å². The predicted molar refractivity (Wildman–Crippen MR) is 179 cm³/mol. The van der Waals surface area contributed by atoms with Gasteiger partial charge in [-0.05, 0) is 70.6 Å². The summed E-state index contributed by atoms with van der Waals surface area (Å²) in [7, 11) is -4.35. The largest absolute Gasteiger partial charge is 0.387 e. The highest BCUT2D eigenvalue weighted by molar-refractivity contribution is 7.85. The topological polar surface area (TPSA) is 104 Å². The fourth-order valence-corrected chi connectivity index (χ4v) is 4.71. The van der Waals surface area contributed by atoms with E-state index in [0.717, 1.165) is 83.5 Å². The molecule has 1 amide bonds. The Bertz CT molecular complexity index is 973. The van der Waals surface area contributed by atoms with Gasteiger partial charge in [0, 0.05) is 6.42 Å². The molecular formula is C35H57NO5S. The Kier molecular flexibility index (Phi) is 26.9. The molecular weight excluding hydrogens is 546 g/mol. The Morgan fingerprint density at radius 3 is 1.64 bits per heavy atom. The maximum absolute atomic E-state index is 12.3. The average molecular weight is 604 g/mol. The molecule has 0 aromatic heterocycles. The van der Waals surface area contributed by atoms with Crippen LogP contribution in [0.4, 0.5) is 0 Å². The van der Waals surface area contributed by atoms with Crippen molar-refractivity contribution in [3.05, 3.63) is 85.1 Å². The third kappa shape index (κ3) is 29.0. The normalized spacial score (nSPS) is 14.7. The third-order valence-corrected chi connectivity index (χ3v) is 7.11. The fraction of sp³-hybridized carbons (Fsp3) is 0.571. The van der Waals surface area contributed by atoms with Crippen molar-refractivity contribution in [3.63, 3.8) is 0 Å². The lowest BCUT2D eigenvalue weighted by molar-refractivity contribution is -0.122. The number of rotatable bonds is 26. The van der Waals surface area contributed by atoms with E-state index in [4.69, 9.17) is 0 Å². The summed E-state index contributed by atoms with van der Waals surface area (Å²) in [4.78, 5) is 12.3. The molecule has 0 fully saturated rings. The fourth-order valence-electron chi connectivity index (χ4n) is 3.98. The molecule has 0 bridgehead atoms. The summed E-state index contributed by atoms with van der Waals surface area (Å²) in [6.07, 6.45) is 41.7. The molecule has 0 rings (SSSR count). The molecule has 2 atom stereocenters. The van der Waals surface area contributed by atoms with Crippen LogP contribution in [0.15, 0.2) is 85.1 Å². The number of aliphatic hydroxyl groups excluding tert-OH is 1. The monoisotopic (exact) mass is 603 g/mol. The Morgan fingerprint density at radius 2 is 1.14 bits per heavy atom. The molecule has 0 heterocycles. The van der Waals surface area contributed by atoms with Crippen LogP contribution in [0.3, 0.4) is 0 Å². The first-order valence-corrected chi connectivity index (χ1v) is 17.4. The number of carbonyl (C=O) groups excluding carboxylic acids is 1. The maximum Gasteiger partial charge on any atom is 0.267 e. The van der Waals surface area contributed by atoms with E-state index in [1.165, 1.54) is 6.08 Å². The highest BCUT2D eigenvalue weighted by atomic mass is 32.2. The lowest BCUT2D eigenvalue weighted by atomic mass is 10.1. The molecule has 6 nitrogen and oxygen atoms in total. The van der Waals surface area contributed by atoms with Gasteiger partial charge in [-0.2, -0.15) is 8.42 Å². The van der Waals surface area contributed by atoms with Crippen molar-refractivity contribution in [1.29, 1.82) is 0 Å². The molecule has 0 aromatic rings. The number of aliphatic hydroxyl groups is 1. The Morgan fingerprint density at radius 1 is 0.667 bits per heavy atom. The predicted octanol–water partition coefficient (Wildman–Crippen LogP) is 8.50. The van der Waals surface area contributed by atoms with Crippen molar-refractivity contribution < 1.29 is 22.9 Å². The summed E-state index contributed by atoms with van der Waals surface area (Å²) in [6, 6.07) is -1.08. The zero-order valence-electron chi connectivity index (χ0n) is 26.1. The van der Waals surface area contributed by atoms with Crippen molar-refractivity contribution in [2.75, 3.05) is 5.75 Å². The van der Waals surface area contributed by atoms with Gasteiger partial charge in [0.05, 0.1) is 17.9 Å². The third-order valence-electron chi connectivity index (χ3n) is 6.33. The molecule has 3 N–H and O–H groups in total. The van der Waals surface area contributed by atoms with Crippen LogP contribution in [0.25, 0.3) is 0 Å². The molecule has 0 saturated heterocycles. The summed E-state index contributed by atoms with van der Waals surface area (Å²) in [6.45, 7) is 4.27. The second kappa shape index (κ2) is 28.6. The smallest absolute Gasteiger partial charge is 0.267 e. The minimum Gasteiger partial charge on any atom is -0.387 e. The van der Waals surface area contributed by atoms with E-state index in [9.17, 15) is 22.9 Å². The van der Waals surface area contributed by atoms with Crippen molar-refractivity contribution in [3.8, 4) is 0 Å². The molecule has 0 radical (unpaired) electrons. The van der Waals surface area contributed by atoms with Crippen molar-refractivity contribution >= 4 is 16.0 Å². The van der Waals surface area contributed by atoms with Crippen LogP contribution < -0.4 is 5.32 Å². The summed E-state index contributed by atoms with van der Waals surface area (Å²) >= 11 is 0. The van der Waals surface area contributed by atoms with Gasteiger partial charge in [0.25, 0.3) is 10.1 Å². The maximum atomic E-state index is 12.3. The van der Waals surface area contributed by atoms with Gasteiger partial charge in [0.1, 0.15) is 0 Å². The van der Waals surface area contributed by atoms with E-state index in [2.05, 4.69) is 92.1 Å². The Balaban J connectivity index is 4.08. The first kappa shape index (κ1) is 39.5. The van der Waals surface area contributed by atoms with E-state index >= 15 is 0 Å². The van der Waals surface area contributed by atoms with Crippen LogP contribution >= 0.6 is 0 Å². The average Bonchev–Trinajstić information content (AvgIpc) is 2.94. The zero-order chi connectivity index (χ0) is 31.2. The van der Waals surface area contributed by atoms with E-state index in [1.54, 1.807) is 6.08 Å². The van der Waals surface area contributed by atoms with Crippen LogP contribution in [0.5, 0.6) is 0 Å². The highest BCUT2D eigenvalue weighted by Crippen LogP contribution is 2.07. The number of nitrogens with one attached hydrogen (secondary N) is 1. The van der Waals surface area contributed by atoms with Gasteiger partial charge in [0.2, 0.25) is 5.91 Å². The molecule has 2 unspecified atom stereocenters. The van der Waals surface area contributed by atoms with E-state index in [1.807, 2.05) is 0 Å². The summed E-state index contributed by atoms with van der Waals surface area (Å²) in [5.41, 5.74) is 0. The first-order chi connectivity index (χ1) is 20.3. The Labute approximate surface area is 256 Å². The minimum absolute atomic E-state index is 0.234. The lowest BCUT2D eigenvalue weighted by Crippen LogP contribution is -2.46. The molecule has 0 aliphatic heterocycles. The molecule has 42 heavy (non-hydrogen) atoms. The van der Waals surface area contributed by atoms with Crippen molar-refractivity contribution in [2.24, 2.45) is 0 Å². The van der Waals surface area contributed by atoms with Gasteiger partial charge in [-0.15, -0.1) is 0 Å². The SMILES string of the molecule is CC/C=C\C/C=C\C/C=C\C/C=C\C/C=C\C/C=C\CCCCC(=O)NC(CS(=O)(=O)O)C(O)/C=C/CCCCCC. The number of allylic oxidation sites excluding steroid dienone is 13. The molecule has 0 aliphatic rings. The quantitative estimate of drug-likeness (QED) is 0.0522. The van der Waals surface area contributed by atoms with Crippen LogP contribution in [-0.4, -0.2) is 41.9 Å². The van der Waals surface area contributed by atoms with Crippen molar-refractivity contribution in [1.82, 2.24) is 5.32 Å². The molecule has 0 aliphatic carbocycles. The standard InChI is InChI=1S/C35H57NO5S/c1-3-5-7-9-11-12-13-14-15-16-17-18-19-20-21-22-23-24-25-27-29-31-35(38)36-33(32-42(39,40)41)34(37)30-28-26-10-8-6-4-2/h5,7,11-12,14-15,17-18,20-21,23-24,28,30,33-34,37H,3-4,6,8-10,13,16,19,22,25-27,29,31-32H2,1-2H3,(H,36,38)(H,39,40,41)/b7-5-,12-11-,15-14-,18-17-,21-20-,24-23-,30-28+. The van der Waals surface area contributed by atoms with Crippen molar-refractivity contribution in [2.45, 2.75) is 122 Å². The zero-order valence-corrected chi connectivity index (χ0v) is 26.9. The van der Waals surface area contributed by atoms with Crippen LogP contribution in [0.2, 0.25) is 0 Å². The first-order valence-electron chi connectivity index (χ1n) is 15.8. The number of amides is 1. The van der Waals surface area contributed by atoms with Gasteiger partial charge in [0.15, 0.2) is 0 Å². The Hall–Kier alpha value is -2.48. The van der Waals surface area contributed by atoms with Crippen LogP contribution in [0.1, 0.15) is 110 Å². The van der Waals surface area contributed by atoms with Gasteiger partial charge >= 0.3 is 0 Å². The van der Waals surface area contributed by atoms with Gasteiger partial charge in [-0.1, -0.05) is 118 Å². The van der Waals surface area contributed by atoms with Crippen LogP contribution in [-0.2, 0) is 14.9 Å². The number of hydrogen-bond acceptors (Lipinski definition) is 4. The number of carbonyl (C=O) groups is 1. The number of unbranched alkanes of at least 4 members (excludes halogenated alkanes) is 6. The molecule has 238 valence electrons. The van der Waals surface area contributed by atoms with Crippen LogP contribution in [0, 0.1) is 0 Å². The lowest BCUT2D eigenvalue weighted by Gasteiger charge is -2.21. The molecule has 0 spiro atoms. The second-order valence-corrected chi connectivity index (χ2v) is 11.8. The summed E-state index contributed by atoms with van der Waals surface area (Å²) in [5, 5.41) is 12.9.